The summed E-state index contributed by atoms with van der Waals surface area (Å²) in [7, 11) is 0. The number of aromatic nitrogens is 3. The van der Waals surface area contributed by atoms with Crippen molar-refractivity contribution in [3.8, 4) is 0 Å². The van der Waals surface area contributed by atoms with Gasteiger partial charge in [0.05, 0.1) is 6.20 Å². The van der Waals surface area contributed by atoms with E-state index in [-0.39, 0.29) is 0 Å². The van der Waals surface area contributed by atoms with E-state index in [0.29, 0.717) is 11.8 Å². The Morgan fingerprint density at radius 2 is 2.17 bits per heavy atom. The first kappa shape index (κ1) is 15.5. The van der Waals surface area contributed by atoms with Crippen molar-refractivity contribution in [2.24, 2.45) is 0 Å². The standard InChI is InChI=1S/C18H23N5/c1-14-6-5-9-16(12-14)21-17-13-20-23-18(22-17)19-11-10-15-7-3-2-4-8-15/h5-7,9,12-13H,2-4,8,10-11H2,1H3,(H2,19,21,22,23). The van der Waals surface area contributed by atoms with Crippen molar-refractivity contribution in [1.29, 1.82) is 0 Å². The maximum Gasteiger partial charge on any atom is 0.244 e. The molecule has 0 atom stereocenters. The van der Waals surface area contributed by atoms with Crippen LogP contribution >= 0.6 is 0 Å². The van der Waals surface area contributed by atoms with Crippen LogP contribution < -0.4 is 10.6 Å². The zero-order valence-electron chi connectivity index (χ0n) is 13.5. The Labute approximate surface area is 137 Å². The van der Waals surface area contributed by atoms with Gasteiger partial charge in [0.15, 0.2) is 5.82 Å². The molecule has 0 saturated carbocycles. The van der Waals surface area contributed by atoms with Crippen LogP contribution in [-0.2, 0) is 0 Å². The minimum absolute atomic E-state index is 0.569. The molecule has 1 heterocycles. The number of rotatable bonds is 6. The lowest BCUT2D eigenvalue weighted by molar-refractivity contribution is 0.679. The lowest BCUT2D eigenvalue weighted by Gasteiger charge is -2.13. The van der Waals surface area contributed by atoms with E-state index in [0.717, 1.165) is 18.7 Å². The molecule has 0 amide bonds. The van der Waals surface area contributed by atoms with E-state index in [1.807, 2.05) is 12.1 Å². The van der Waals surface area contributed by atoms with E-state index >= 15 is 0 Å². The molecule has 0 spiro atoms. The van der Waals surface area contributed by atoms with Gasteiger partial charge in [-0.1, -0.05) is 23.8 Å². The third-order valence-electron chi connectivity index (χ3n) is 3.96. The Hall–Kier alpha value is -2.43. The molecule has 0 bridgehead atoms. The second kappa shape index (κ2) is 7.72. The Morgan fingerprint density at radius 3 is 3.00 bits per heavy atom. The fraction of sp³-hybridized carbons (Fsp3) is 0.389. The van der Waals surface area contributed by atoms with Crippen LogP contribution in [0.3, 0.4) is 0 Å². The van der Waals surface area contributed by atoms with Crippen LogP contribution in [0.5, 0.6) is 0 Å². The third-order valence-corrected chi connectivity index (χ3v) is 3.96. The van der Waals surface area contributed by atoms with Crippen LogP contribution in [0.25, 0.3) is 0 Å². The maximum absolute atomic E-state index is 4.47. The Bertz CT molecular complexity index is 681. The molecule has 0 radical (unpaired) electrons. The summed E-state index contributed by atoms with van der Waals surface area (Å²) in [5, 5.41) is 14.6. The fourth-order valence-corrected chi connectivity index (χ4v) is 2.78. The normalized spacial score (nSPS) is 14.2. The Kier molecular flexibility index (Phi) is 5.19. The number of anilines is 3. The van der Waals surface area contributed by atoms with Crippen LogP contribution in [0.2, 0.25) is 0 Å². The van der Waals surface area contributed by atoms with Gasteiger partial charge < -0.3 is 10.6 Å². The lowest BCUT2D eigenvalue weighted by Crippen LogP contribution is -2.09. The van der Waals surface area contributed by atoms with Gasteiger partial charge in [0, 0.05) is 12.2 Å². The highest BCUT2D eigenvalue weighted by Gasteiger charge is 2.05. The molecule has 1 aromatic heterocycles. The zero-order valence-corrected chi connectivity index (χ0v) is 13.5. The number of aryl methyl sites for hydroxylation is 1. The molecule has 2 N–H and O–H groups in total. The molecular formula is C18H23N5. The molecule has 0 saturated heterocycles. The summed E-state index contributed by atoms with van der Waals surface area (Å²) >= 11 is 0. The van der Waals surface area contributed by atoms with Gasteiger partial charge in [-0.25, -0.2) is 0 Å². The summed E-state index contributed by atoms with van der Waals surface area (Å²) in [5.41, 5.74) is 3.76. The van der Waals surface area contributed by atoms with Crippen molar-refractivity contribution in [3.63, 3.8) is 0 Å². The summed E-state index contributed by atoms with van der Waals surface area (Å²) < 4.78 is 0. The monoisotopic (exact) mass is 309 g/mol. The lowest BCUT2D eigenvalue weighted by atomic mass is 9.97. The van der Waals surface area contributed by atoms with Crippen molar-refractivity contribution in [2.75, 3.05) is 17.2 Å². The molecule has 1 aliphatic rings. The molecule has 120 valence electrons. The van der Waals surface area contributed by atoms with E-state index < -0.39 is 0 Å². The highest BCUT2D eigenvalue weighted by molar-refractivity contribution is 5.56. The van der Waals surface area contributed by atoms with Gasteiger partial charge >= 0.3 is 0 Å². The molecule has 0 aliphatic heterocycles. The molecule has 0 fully saturated rings. The van der Waals surface area contributed by atoms with Crippen molar-refractivity contribution in [2.45, 2.75) is 39.0 Å². The van der Waals surface area contributed by atoms with Gasteiger partial charge in [0.1, 0.15) is 0 Å². The summed E-state index contributed by atoms with van der Waals surface area (Å²) in [5.74, 6) is 1.27. The van der Waals surface area contributed by atoms with Gasteiger partial charge in [-0.2, -0.15) is 10.1 Å². The van der Waals surface area contributed by atoms with Gasteiger partial charge in [-0.05, 0) is 56.7 Å². The fourth-order valence-electron chi connectivity index (χ4n) is 2.78. The molecule has 2 aromatic rings. The first-order valence-corrected chi connectivity index (χ1v) is 8.25. The number of nitrogens with one attached hydrogen (secondary N) is 2. The summed E-state index contributed by atoms with van der Waals surface area (Å²) in [6, 6.07) is 8.17. The number of benzene rings is 1. The minimum Gasteiger partial charge on any atom is -0.353 e. The van der Waals surface area contributed by atoms with Crippen molar-refractivity contribution in [3.05, 3.63) is 47.7 Å². The number of hydrogen-bond donors (Lipinski definition) is 2. The average Bonchev–Trinajstić information content (AvgIpc) is 2.56. The predicted octanol–water partition coefficient (Wildman–Crippen LogP) is 4.23. The van der Waals surface area contributed by atoms with Crippen molar-refractivity contribution >= 4 is 17.5 Å². The summed E-state index contributed by atoms with van der Waals surface area (Å²) in [4.78, 5) is 4.47. The quantitative estimate of drug-likeness (QED) is 0.782. The van der Waals surface area contributed by atoms with E-state index in [9.17, 15) is 0 Å². The van der Waals surface area contributed by atoms with Crippen molar-refractivity contribution < 1.29 is 0 Å². The molecule has 5 nitrogen and oxygen atoms in total. The van der Waals surface area contributed by atoms with Crippen LogP contribution in [0.1, 0.15) is 37.7 Å². The third kappa shape index (κ3) is 4.77. The van der Waals surface area contributed by atoms with E-state index in [2.05, 4.69) is 50.9 Å². The topological polar surface area (TPSA) is 62.7 Å². The number of hydrogen-bond acceptors (Lipinski definition) is 5. The van der Waals surface area contributed by atoms with Crippen LogP contribution in [0, 0.1) is 6.92 Å². The number of nitrogens with zero attached hydrogens (tertiary/aromatic N) is 3. The van der Waals surface area contributed by atoms with Crippen LogP contribution in [-0.4, -0.2) is 21.7 Å². The number of allylic oxidation sites excluding steroid dienone is 1. The first-order valence-electron chi connectivity index (χ1n) is 8.25. The van der Waals surface area contributed by atoms with Gasteiger partial charge in [0.2, 0.25) is 5.95 Å². The summed E-state index contributed by atoms with van der Waals surface area (Å²) in [6.45, 7) is 2.91. The van der Waals surface area contributed by atoms with E-state index in [1.165, 1.54) is 31.2 Å². The molecule has 3 rings (SSSR count). The SMILES string of the molecule is Cc1cccc(Nc2cnnc(NCCC3=CCCCC3)n2)c1. The van der Waals surface area contributed by atoms with Gasteiger partial charge in [0.25, 0.3) is 0 Å². The maximum atomic E-state index is 4.47. The minimum atomic E-state index is 0.569. The summed E-state index contributed by atoms with van der Waals surface area (Å²) in [6.07, 6.45) is 10.2. The molecular weight excluding hydrogens is 286 g/mol. The second-order valence-electron chi connectivity index (χ2n) is 5.94. The Morgan fingerprint density at radius 1 is 1.22 bits per heavy atom. The molecule has 0 unspecified atom stereocenters. The smallest absolute Gasteiger partial charge is 0.244 e. The second-order valence-corrected chi connectivity index (χ2v) is 5.94. The molecule has 1 aliphatic carbocycles. The first-order chi connectivity index (χ1) is 11.3. The highest BCUT2D eigenvalue weighted by Crippen LogP contribution is 2.20. The van der Waals surface area contributed by atoms with Crippen molar-refractivity contribution in [1.82, 2.24) is 15.2 Å². The highest BCUT2D eigenvalue weighted by atomic mass is 15.3. The molecule has 23 heavy (non-hydrogen) atoms. The van der Waals surface area contributed by atoms with Gasteiger partial charge in [-0.3, -0.25) is 0 Å². The van der Waals surface area contributed by atoms with Crippen LogP contribution in [0.15, 0.2) is 42.1 Å². The van der Waals surface area contributed by atoms with Gasteiger partial charge in [-0.15, -0.1) is 5.10 Å². The molecule has 1 aromatic carbocycles. The molecule has 5 heteroatoms. The zero-order chi connectivity index (χ0) is 15.9. The largest absolute Gasteiger partial charge is 0.353 e. The van der Waals surface area contributed by atoms with E-state index in [4.69, 9.17) is 0 Å². The predicted molar refractivity (Wildman–Crippen MR) is 93.9 cm³/mol. The van der Waals surface area contributed by atoms with E-state index in [1.54, 1.807) is 11.8 Å². The van der Waals surface area contributed by atoms with Crippen LogP contribution in [0.4, 0.5) is 17.5 Å². The Balaban J connectivity index is 1.55. The average molecular weight is 309 g/mol.